The minimum Gasteiger partial charge on any atom is -0.478 e. The van der Waals surface area contributed by atoms with Crippen LogP contribution in [0.1, 0.15) is 91.7 Å². The topological polar surface area (TPSA) is 46.2 Å². The van der Waals surface area contributed by atoms with Crippen molar-refractivity contribution >= 4 is 77.9 Å². The molecule has 0 N–H and O–H groups in total. The molecule has 15 fully saturated rings. The van der Waals surface area contributed by atoms with E-state index in [-0.39, 0.29) is 70.1 Å². The van der Waals surface area contributed by atoms with E-state index < -0.39 is 14.1 Å². The molecule has 0 radical (unpaired) electrons. The Labute approximate surface area is 867 Å². The highest BCUT2D eigenvalue weighted by atomic mass is 35.5. The minimum atomic E-state index is -0.430. The second-order valence-electron chi connectivity index (χ2n) is 44.0. The first-order chi connectivity index (χ1) is 70.2. The summed E-state index contributed by atoms with van der Waals surface area (Å²) in [6.07, 6.45) is -1.57. The van der Waals surface area contributed by atoms with E-state index in [1.807, 2.05) is 133 Å². The van der Waals surface area contributed by atoms with Gasteiger partial charge in [-0.2, -0.15) is 0 Å². The summed E-state index contributed by atoms with van der Waals surface area (Å²) in [6.45, 7) is 25.3. The summed E-state index contributed by atoms with van der Waals surface area (Å²) in [5.41, 5.74) is 12.3. The second-order valence-corrected chi connectivity index (χ2v) is 44.7. The molecule has 10 bridgehead atoms. The molecule has 0 spiro atoms. The molecule has 15 saturated heterocycles. The number of quaternary nitrogens is 10. The van der Waals surface area contributed by atoms with Gasteiger partial charge in [0.05, 0.1) is 33.9 Å². The van der Waals surface area contributed by atoms with Crippen molar-refractivity contribution in [2.24, 2.45) is 0 Å². The van der Waals surface area contributed by atoms with Gasteiger partial charge in [-0.1, -0.05) is 367 Å². The van der Waals surface area contributed by atoms with E-state index in [0.29, 0.717) is 123 Å². The van der Waals surface area contributed by atoms with E-state index in [1.165, 1.54) is 16.7 Å². The van der Waals surface area contributed by atoms with Gasteiger partial charge >= 0.3 is 0 Å². The maximum Gasteiger partial charge on any atom is 0.215 e. The van der Waals surface area contributed by atoms with Crippen molar-refractivity contribution in [1.82, 2.24) is 0 Å². The molecule has 23 heteroatoms. The molecule has 29 rings (SSSR count). The van der Waals surface area contributed by atoms with Crippen molar-refractivity contribution in [3.05, 3.63) is 395 Å². The maximum atomic E-state index is 16.2. The maximum absolute atomic E-state index is 16.2. The van der Waals surface area contributed by atoms with E-state index in [2.05, 4.69) is 235 Å². The predicted octanol–water partition coefficient (Wildman–Crippen LogP) is 24.4. The van der Waals surface area contributed by atoms with Crippen molar-refractivity contribution in [2.75, 3.05) is 196 Å². The van der Waals surface area contributed by atoms with Crippen molar-refractivity contribution < 1.29 is 92.0 Å². The quantitative estimate of drug-likeness (QED) is 0.0178. The Morgan fingerprint density at radius 3 is 0.897 bits per heavy atom. The average molecular weight is 2030 g/mol. The molecule has 14 aromatic rings. The number of aryl methyl sites for hydroxylation is 3. The molecule has 0 aromatic heterocycles. The van der Waals surface area contributed by atoms with Gasteiger partial charge in [-0.15, -0.1) is 23.5 Å². The lowest BCUT2D eigenvalue weighted by Crippen LogP contribution is -2.77. The van der Waals surface area contributed by atoms with Gasteiger partial charge in [-0.25, -0.2) is 0 Å². The Balaban J connectivity index is 0.000000111. The summed E-state index contributed by atoms with van der Waals surface area (Å²) in [7, 11) is 4.52. The molecule has 10 atom stereocenters. The zero-order valence-corrected chi connectivity index (χ0v) is 86.8. The van der Waals surface area contributed by atoms with Gasteiger partial charge in [0.15, 0.2) is 95.7 Å². The average Bonchev–Trinajstić information content (AvgIpc) is 0.746. The van der Waals surface area contributed by atoms with Crippen LogP contribution in [0.15, 0.2) is 334 Å². The third-order valence-electron chi connectivity index (χ3n) is 34.5. The fourth-order valence-electron chi connectivity index (χ4n) is 25.1. The molecule has 15 nitrogen and oxygen atoms in total. The number of benzene rings is 14. The summed E-state index contributed by atoms with van der Waals surface area (Å²) >= 11 is 19.2. The lowest BCUT2D eigenvalue weighted by atomic mass is 9.91. The van der Waals surface area contributed by atoms with Crippen LogP contribution in [0.2, 0.25) is 0 Å². The Bertz CT molecular complexity index is 6700. The molecule has 145 heavy (non-hydrogen) atoms. The smallest absolute Gasteiger partial charge is 0.215 e. The molecular weight excluding hydrogens is 1890 g/mol. The first-order valence-corrected chi connectivity index (χ1v) is 53.9. The monoisotopic (exact) mass is 2030 g/mol. The van der Waals surface area contributed by atoms with Crippen molar-refractivity contribution in [1.29, 1.82) is 0 Å². The minimum absolute atomic E-state index is 0.143. The third kappa shape index (κ3) is 22.0. The van der Waals surface area contributed by atoms with Crippen LogP contribution in [0, 0.1) is 20.8 Å². The largest absolute Gasteiger partial charge is 0.478 e. The number of piperazine rings is 15. The van der Waals surface area contributed by atoms with Crippen LogP contribution >= 0.6 is 34.8 Å². The Hall–Kier alpha value is -10.3. The van der Waals surface area contributed by atoms with E-state index >= 15 is 22.4 Å². The highest BCUT2D eigenvalue weighted by Crippen LogP contribution is 2.49. The number of likely N-dealkylation sites (N-methyl/N-ethyl adjacent to an activating group) is 2. The van der Waals surface area contributed by atoms with Crippen molar-refractivity contribution in [3.63, 3.8) is 0 Å². The van der Waals surface area contributed by atoms with E-state index in [1.54, 1.807) is 0 Å². The number of hydrogen-bond acceptors (Lipinski definition) is 5. The zero-order valence-electron chi connectivity index (χ0n) is 84.5. The first kappa shape index (κ1) is 102. The van der Waals surface area contributed by atoms with Crippen LogP contribution in [0.25, 0.3) is 43.1 Å². The third-order valence-corrected chi connectivity index (χ3v) is 36.0. The Morgan fingerprint density at radius 2 is 0.517 bits per heavy atom. The molecule has 15 heterocycles. The van der Waals surface area contributed by atoms with E-state index in [0.717, 1.165) is 200 Å². The summed E-state index contributed by atoms with van der Waals surface area (Å²) in [6, 6.07) is 114. The number of alkyl halides is 3. The van der Waals surface area contributed by atoms with Gasteiger partial charge in [-0.3, -0.25) is 13.4 Å². The Kier molecular flexibility index (Phi) is 30.3. The summed E-state index contributed by atoms with van der Waals surface area (Å²) in [5, 5.41) is 9.02. The number of rotatable bonds is 26. The Morgan fingerprint density at radius 1 is 0.248 bits per heavy atom. The highest BCUT2D eigenvalue weighted by molar-refractivity contribution is 6.17. The van der Waals surface area contributed by atoms with Crippen LogP contribution < -0.4 is 9.47 Å². The number of nitrogens with zero attached hydrogens (tertiary/aromatic N) is 10. The SMILES string of the molecule is C[N+]12CC[N+](F)(CC1)C([C@H](Oc1cccc3ccccc13)c1ccccc1)C2.Cc1ccc(CO[C@H](c2cccc3ccccc23)C2C[N+]3(CCl)CC[N+]2(F)CC3)cc1.Cc1ccc(CO[C@H](c2ccccc2)C2C[N+]3(C)CC[N+]2(F)CC3)cc1.Cc1ccc2cccc(O[C@H](c3ccccc3)C3C[N+]4(CCl)CC[N+]3(F)CC4)c2c1.F[N+]12CC[N+](CCl)(CC1)CC2[C@H](OCc1ccccc1)c1cccc2ccccc12. The molecule has 15 aliphatic rings. The van der Waals surface area contributed by atoms with Crippen LogP contribution in [-0.2, 0) is 34.0 Å². The number of fused-ring (bicyclic) bond motifs is 19. The summed E-state index contributed by atoms with van der Waals surface area (Å²) in [5.74, 6) is 1.64. The molecule has 14 aromatic carbocycles. The summed E-state index contributed by atoms with van der Waals surface area (Å²) < 4.78 is 115. The normalized spacial score (nSPS) is 29.7. The van der Waals surface area contributed by atoms with Gasteiger partial charge in [-0.05, 0) is 138 Å². The second kappa shape index (κ2) is 43.1. The highest BCUT2D eigenvalue weighted by Gasteiger charge is 2.66. The van der Waals surface area contributed by atoms with Crippen LogP contribution in [0.3, 0.4) is 0 Å². The van der Waals surface area contributed by atoms with Crippen molar-refractivity contribution in [2.45, 2.75) is 101 Å². The van der Waals surface area contributed by atoms with Crippen molar-refractivity contribution in [3.8, 4) is 11.5 Å². The molecule has 0 amide bonds. The van der Waals surface area contributed by atoms with Crippen LogP contribution in [0.4, 0.5) is 22.4 Å². The molecule has 0 aliphatic carbocycles. The lowest BCUT2D eigenvalue weighted by Gasteiger charge is -2.54. The number of halogens is 8. The van der Waals surface area contributed by atoms with Gasteiger partial charge in [0.2, 0.25) is 30.2 Å². The van der Waals surface area contributed by atoms with E-state index in [9.17, 15) is 0 Å². The zero-order chi connectivity index (χ0) is 100. The number of hydrogen-bond donors (Lipinski definition) is 0. The van der Waals surface area contributed by atoms with Crippen LogP contribution in [0.5, 0.6) is 11.5 Å². The lowest BCUT2D eigenvalue weighted by molar-refractivity contribution is -1.16. The van der Waals surface area contributed by atoms with Gasteiger partial charge in [0, 0.05) is 10.8 Å². The number of ether oxygens (including phenoxy) is 5. The molecule has 756 valence electrons. The molecule has 15 aliphatic heterocycles. The molecule has 0 saturated carbocycles. The first-order valence-electron chi connectivity index (χ1n) is 52.3. The van der Waals surface area contributed by atoms with Gasteiger partial charge in [0.25, 0.3) is 0 Å². The standard InChI is InChI=1S/C26H30ClFN2O.2C25H28ClFN2O.C24H27FN2O.C22H29FN2O/c1-20-9-11-21(12-10-20)18-31-26(24-8-4-6-22-5-2-3-7-23(22)24)25-17-29(19-27)13-15-30(25,28)16-14-29;1-19-10-11-20-8-5-9-24(22(20)16-19)30-25(21-6-3-2-4-7-21)23-17-28(18-26)12-14-29(23,27)15-13-28;26-19-28-13-15-29(27,16-14-28)24(17-28)25(30-18-20-7-2-1-3-8-20)23-12-6-10-21-9-4-5-11-22(21)23;1-26-14-16-27(25,17-15-26)22(18-26)24(20-9-3-2-4-10-20)28-23-13-7-11-19-8-5-6-12-21(19)23;1-18-8-10-19(11-9-18)17-26-22(20-6-4-3-5-7-20)21-16-24(2)12-14-25(21,23)15-13-24/h2-12,25-26H,13-19H2,1H3;2-11,16,23,25H,12-15,17-18H2,1H3;1-12,24-25H,13-19H2;2-13,22,24H,14-18H2,1H3;3-11,21-22H,12-17H2,1-2H3/q5*+2/t25?,26-,29?,30?;23?,25-,28?,29?;24?,25-,28?,29?;22?,24-,26?,27?;21?,22-,24?,25?/m11111/s1. The van der Waals surface area contributed by atoms with Gasteiger partial charge < -0.3 is 32.7 Å². The van der Waals surface area contributed by atoms with Gasteiger partial charge in [0.1, 0.15) is 128 Å². The van der Waals surface area contributed by atoms with E-state index in [4.69, 9.17) is 58.5 Å². The molecular formula is C122H142Cl3F5N10O5+10. The molecule has 5 unspecified atom stereocenters. The van der Waals surface area contributed by atoms with Crippen LogP contribution in [-0.4, -0.2) is 272 Å². The fraction of sp³-hybridized carbons (Fsp3) is 0.377. The fourth-order valence-corrected chi connectivity index (χ4v) is 26.1. The predicted molar refractivity (Wildman–Crippen MR) is 571 cm³/mol. The summed E-state index contributed by atoms with van der Waals surface area (Å²) in [4.78, 5) is 0.